The summed E-state index contributed by atoms with van der Waals surface area (Å²) in [4.78, 5) is 10.7. The van der Waals surface area contributed by atoms with Crippen molar-refractivity contribution in [2.24, 2.45) is 0 Å². The van der Waals surface area contributed by atoms with E-state index in [4.69, 9.17) is 9.97 Å². The summed E-state index contributed by atoms with van der Waals surface area (Å²) >= 11 is 0. The Kier molecular flexibility index (Phi) is 7.71. The molecule has 13 aromatic rings. The standard InChI is InChI=1S/C65H39N3/c1-2-17-40(18-3-1)64-66-59(42-33-35-48-46-22-6-5-20-44(46)45-21-7-8-23-47(45)53(48)38-42)39-60(67-64)50-25-9-4-19-43(50)41-34-36-56-54(37-41)49-24-10-12-28-55(49)65(56)57-29-13-15-32-62(57)68-61-31-14-11-26-51(61)52-27-16-30-58(65)63(52)68/h1-39H. The molecule has 68 heavy (non-hydrogen) atoms. The Morgan fingerprint density at radius 2 is 0.853 bits per heavy atom. The van der Waals surface area contributed by atoms with Gasteiger partial charge < -0.3 is 4.57 Å². The average molecular weight is 862 g/mol. The molecule has 3 nitrogen and oxygen atoms in total. The fourth-order valence-electron chi connectivity index (χ4n) is 12.2. The Balaban J connectivity index is 0.938. The van der Waals surface area contributed by atoms with Crippen LogP contribution in [0, 0.1) is 0 Å². The molecule has 2 aromatic heterocycles. The molecule has 1 unspecified atom stereocenters. The molecule has 1 spiro atoms. The van der Waals surface area contributed by atoms with Crippen molar-refractivity contribution in [1.29, 1.82) is 0 Å². The number of rotatable bonds is 4. The number of aromatic nitrogens is 3. The lowest BCUT2D eigenvalue weighted by molar-refractivity contribution is 0.748. The second-order valence-corrected chi connectivity index (χ2v) is 18.4. The van der Waals surface area contributed by atoms with Crippen molar-refractivity contribution < 1.29 is 0 Å². The molecule has 1 atom stereocenters. The molecule has 0 N–H and O–H groups in total. The van der Waals surface area contributed by atoms with E-state index in [1.54, 1.807) is 0 Å². The van der Waals surface area contributed by atoms with Crippen molar-refractivity contribution >= 4 is 54.1 Å². The van der Waals surface area contributed by atoms with Crippen molar-refractivity contribution in [3.8, 4) is 61.8 Å². The predicted octanol–water partition coefficient (Wildman–Crippen LogP) is 16.4. The van der Waals surface area contributed by atoms with E-state index in [9.17, 15) is 0 Å². The highest BCUT2D eigenvalue weighted by molar-refractivity contribution is 6.25. The van der Waals surface area contributed by atoms with E-state index in [0.717, 1.165) is 39.2 Å². The fourth-order valence-corrected chi connectivity index (χ4v) is 12.2. The molecule has 0 saturated carbocycles. The molecular weight excluding hydrogens is 823 g/mol. The Morgan fingerprint density at radius 3 is 1.65 bits per heavy atom. The molecule has 3 heteroatoms. The largest absolute Gasteiger partial charge is 0.309 e. The van der Waals surface area contributed by atoms with Gasteiger partial charge in [-0.05, 0) is 107 Å². The van der Waals surface area contributed by atoms with Gasteiger partial charge >= 0.3 is 0 Å². The van der Waals surface area contributed by atoms with E-state index < -0.39 is 5.41 Å². The van der Waals surface area contributed by atoms with Crippen LogP contribution in [0.5, 0.6) is 0 Å². The number of benzene rings is 11. The summed E-state index contributed by atoms with van der Waals surface area (Å²) in [5, 5.41) is 10.0. The van der Waals surface area contributed by atoms with Gasteiger partial charge in [-0.25, -0.2) is 9.97 Å². The van der Waals surface area contributed by atoms with Crippen LogP contribution >= 0.6 is 0 Å². The molecule has 314 valence electrons. The van der Waals surface area contributed by atoms with Crippen LogP contribution in [0.4, 0.5) is 0 Å². The highest BCUT2D eigenvalue weighted by atomic mass is 15.0. The molecule has 15 rings (SSSR count). The number of hydrogen-bond donors (Lipinski definition) is 0. The van der Waals surface area contributed by atoms with Gasteiger partial charge in [-0.15, -0.1) is 0 Å². The summed E-state index contributed by atoms with van der Waals surface area (Å²) < 4.78 is 2.51. The topological polar surface area (TPSA) is 30.7 Å². The van der Waals surface area contributed by atoms with E-state index in [0.29, 0.717) is 5.82 Å². The van der Waals surface area contributed by atoms with Gasteiger partial charge in [0, 0.05) is 27.5 Å². The smallest absolute Gasteiger partial charge is 0.160 e. The summed E-state index contributed by atoms with van der Waals surface area (Å²) in [5.41, 5.74) is 18.2. The third-order valence-electron chi connectivity index (χ3n) is 15.0. The lowest BCUT2D eigenvalue weighted by Crippen LogP contribution is -2.33. The van der Waals surface area contributed by atoms with E-state index in [2.05, 4.69) is 235 Å². The first kappa shape index (κ1) is 37.3. The predicted molar refractivity (Wildman–Crippen MR) is 281 cm³/mol. The van der Waals surface area contributed by atoms with E-state index in [1.807, 2.05) is 6.07 Å². The SMILES string of the molecule is c1ccc(-c2nc(-c3ccc4c5ccccc5c5ccccc5c4c3)cc(-c3ccccc3-c3ccc4c(c3)-c3ccccc3C43c4ccccc4-n4c5ccccc5c5cccc3c54)n2)cc1. The normalized spacial score (nSPS) is 14.5. The van der Waals surface area contributed by atoms with Crippen molar-refractivity contribution in [1.82, 2.24) is 14.5 Å². The van der Waals surface area contributed by atoms with Crippen LogP contribution in [0.1, 0.15) is 22.3 Å². The van der Waals surface area contributed by atoms with Gasteiger partial charge in [0.1, 0.15) is 0 Å². The minimum atomic E-state index is -0.506. The number of hydrogen-bond acceptors (Lipinski definition) is 2. The lowest BCUT2D eigenvalue weighted by atomic mass is 9.65. The van der Waals surface area contributed by atoms with E-state index in [-0.39, 0.29) is 0 Å². The molecule has 0 fully saturated rings. The maximum absolute atomic E-state index is 5.39. The molecule has 3 heterocycles. The first-order valence-corrected chi connectivity index (χ1v) is 23.5. The summed E-state index contributed by atoms with van der Waals surface area (Å²) in [7, 11) is 0. The Hall–Kier alpha value is -8.92. The van der Waals surface area contributed by atoms with Gasteiger partial charge in [0.2, 0.25) is 0 Å². The van der Waals surface area contributed by atoms with Crippen LogP contribution in [0.3, 0.4) is 0 Å². The minimum absolute atomic E-state index is 0.506. The van der Waals surface area contributed by atoms with Crippen molar-refractivity contribution in [2.45, 2.75) is 5.41 Å². The van der Waals surface area contributed by atoms with Crippen LogP contribution in [0.15, 0.2) is 237 Å². The van der Waals surface area contributed by atoms with E-state index >= 15 is 0 Å². The molecule has 1 aliphatic carbocycles. The van der Waals surface area contributed by atoms with Crippen molar-refractivity contribution in [3.05, 3.63) is 259 Å². The highest BCUT2D eigenvalue weighted by Gasteiger charge is 2.50. The first-order chi connectivity index (χ1) is 33.7. The van der Waals surface area contributed by atoms with Crippen LogP contribution in [-0.4, -0.2) is 14.5 Å². The van der Waals surface area contributed by atoms with E-state index in [1.165, 1.54) is 93.2 Å². The molecule has 0 radical (unpaired) electrons. The molecule has 0 bridgehead atoms. The van der Waals surface area contributed by atoms with Gasteiger partial charge in [0.25, 0.3) is 0 Å². The average Bonchev–Trinajstić information content (AvgIpc) is 3.91. The van der Waals surface area contributed by atoms with Crippen LogP contribution < -0.4 is 0 Å². The van der Waals surface area contributed by atoms with Gasteiger partial charge in [0.15, 0.2) is 5.82 Å². The van der Waals surface area contributed by atoms with Crippen LogP contribution in [0.2, 0.25) is 0 Å². The Bertz CT molecular complexity index is 4240. The first-order valence-electron chi connectivity index (χ1n) is 23.5. The summed E-state index contributed by atoms with van der Waals surface area (Å²) in [6, 6.07) is 86.8. The summed E-state index contributed by atoms with van der Waals surface area (Å²) in [5.74, 6) is 0.698. The van der Waals surface area contributed by atoms with Crippen molar-refractivity contribution in [3.63, 3.8) is 0 Å². The second kappa shape index (κ2) is 14.0. The second-order valence-electron chi connectivity index (χ2n) is 18.4. The van der Waals surface area contributed by atoms with Crippen LogP contribution in [-0.2, 0) is 5.41 Å². The molecule has 1 aliphatic heterocycles. The third kappa shape index (κ3) is 5.02. The maximum Gasteiger partial charge on any atom is 0.160 e. The van der Waals surface area contributed by atoms with Gasteiger partial charge in [-0.2, -0.15) is 0 Å². The lowest BCUT2D eigenvalue weighted by Gasteiger charge is -2.39. The fraction of sp³-hybridized carbons (Fsp3) is 0.0154. The van der Waals surface area contributed by atoms with Gasteiger partial charge in [0.05, 0.1) is 33.5 Å². The van der Waals surface area contributed by atoms with Gasteiger partial charge in [-0.3, -0.25) is 0 Å². The number of para-hydroxylation sites is 3. The minimum Gasteiger partial charge on any atom is -0.309 e. The number of fused-ring (bicyclic) bond motifs is 18. The molecule has 0 saturated heterocycles. The van der Waals surface area contributed by atoms with Crippen LogP contribution in [0.25, 0.3) is 116 Å². The zero-order valence-corrected chi connectivity index (χ0v) is 36.9. The highest BCUT2D eigenvalue weighted by Crippen LogP contribution is 2.61. The molecule has 2 aliphatic rings. The summed E-state index contributed by atoms with van der Waals surface area (Å²) in [6.07, 6.45) is 0. The molecule has 0 amide bonds. The monoisotopic (exact) mass is 861 g/mol. The van der Waals surface area contributed by atoms with Gasteiger partial charge in [-0.1, -0.05) is 206 Å². The maximum atomic E-state index is 5.39. The summed E-state index contributed by atoms with van der Waals surface area (Å²) in [6.45, 7) is 0. The van der Waals surface area contributed by atoms with Crippen molar-refractivity contribution in [2.75, 3.05) is 0 Å². The third-order valence-corrected chi connectivity index (χ3v) is 15.0. The zero-order valence-electron chi connectivity index (χ0n) is 36.9. The number of nitrogens with zero attached hydrogens (tertiary/aromatic N) is 3. The quantitative estimate of drug-likeness (QED) is 0.165. The zero-order chi connectivity index (χ0) is 44.5. The Morgan fingerprint density at radius 1 is 0.294 bits per heavy atom. The molecule has 11 aromatic carbocycles. The molecular formula is C65H39N3. The Labute approximate surface area is 392 Å².